The third-order valence-electron chi connectivity index (χ3n) is 7.65. The van der Waals surface area contributed by atoms with Crippen molar-refractivity contribution in [2.75, 3.05) is 19.6 Å². The number of para-hydroxylation sites is 1. The van der Waals surface area contributed by atoms with Gasteiger partial charge in [-0.15, -0.1) is 0 Å². The van der Waals surface area contributed by atoms with E-state index in [1.807, 2.05) is 65.6 Å². The van der Waals surface area contributed by atoms with Gasteiger partial charge in [0.1, 0.15) is 17.3 Å². The standard InChI is InChI=1S/C34H44N6O2/c1-3-37-34(32(25(2)35)33(36)26-18-20-30(21-19-26)42-29-15-8-5-9-16-29)39-28-14-11-23-40(24-28)31(41)17-10-22-38-27-12-6-4-7-13-27/h3,5,8-10,15-21,27-28,36,38H,1,4,6-7,11-14,22-24,35H2,2H3,(H,37,39)/b17-10+,32-25+,36-33?. The summed E-state index contributed by atoms with van der Waals surface area (Å²) in [7, 11) is 0. The summed E-state index contributed by atoms with van der Waals surface area (Å²) >= 11 is 0. The number of rotatable bonds is 11. The Labute approximate surface area is 249 Å². The topological polar surface area (TPSA) is 116 Å². The molecule has 1 aliphatic carbocycles. The first kappa shape index (κ1) is 30.8. The van der Waals surface area contributed by atoms with Crippen molar-refractivity contribution in [1.82, 2.24) is 15.5 Å². The fraction of sp³-hybridized carbons (Fsp3) is 0.382. The quantitative estimate of drug-likeness (QED) is 0.158. The highest BCUT2D eigenvalue weighted by atomic mass is 16.5. The molecule has 8 nitrogen and oxygen atoms in total. The molecule has 1 aliphatic heterocycles. The van der Waals surface area contributed by atoms with Gasteiger partial charge in [0.05, 0.1) is 17.3 Å². The minimum atomic E-state index is -0.122. The molecule has 0 radical (unpaired) electrons. The van der Waals surface area contributed by atoms with Crippen LogP contribution in [0.5, 0.6) is 11.5 Å². The van der Waals surface area contributed by atoms with Crippen molar-refractivity contribution in [1.29, 1.82) is 5.41 Å². The molecule has 8 heteroatoms. The molecular weight excluding hydrogens is 524 g/mol. The number of likely N-dealkylation sites (tertiary alicyclic amines) is 1. The molecule has 2 aliphatic rings. The van der Waals surface area contributed by atoms with E-state index in [4.69, 9.17) is 20.9 Å². The molecule has 0 bridgehead atoms. The van der Waals surface area contributed by atoms with E-state index in [1.54, 1.807) is 19.2 Å². The second-order valence-corrected chi connectivity index (χ2v) is 10.9. The van der Waals surface area contributed by atoms with Crippen molar-refractivity contribution in [3.05, 3.63) is 96.4 Å². The first-order valence-electron chi connectivity index (χ1n) is 15.0. The minimum Gasteiger partial charge on any atom is -0.457 e. The number of amides is 1. The number of nitrogens with zero attached hydrogens (tertiary/aromatic N) is 2. The predicted octanol–water partition coefficient (Wildman–Crippen LogP) is 5.68. The molecular formula is C34H44N6O2. The van der Waals surface area contributed by atoms with Crippen LogP contribution in [0.4, 0.5) is 0 Å². The molecule has 1 unspecified atom stereocenters. The van der Waals surface area contributed by atoms with Gasteiger partial charge in [-0.25, -0.2) is 0 Å². The maximum absolute atomic E-state index is 12.9. The van der Waals surface area contributed by atoms with Crippen molar-refractivity contribution in [2.45, 2.75) is 64.0 Å². The lowest BCUT2D eigenvalue weighted by Crippen LogP contribution is -2.42. The van der Waals surface area contributed by atoms with E-state index in [2.05, 4.69) is 17.2 Å². The number of piperidine rings is 1. The van der Waals surface area contributed by atoms with Crippen molar-refractivity contribution in [2.24, 2.45) is 10.7 Å². The lowest BCUT2D eigenvalue weighted by molar-refractivity contribution is -0.127. The largest absolute Gasteiger partial charge is 0.457 e. The molecule has 1 amide bonds. The van der Waals surface area contributed by atoms with Gasteiger partial charge in [0.2, 0.25) is 5.91 Å². The zero-order chi connectivity index (χ0) is 29.7. The Morgan fingerprint density at radius 3 is 2.48 bits per heavy atom. The van der Waals surface area contributed by atoms with E-state index in [0.29, 0.717) is 54.1 Å². The smallest absolute Gasteiger partial charge is 0.246 e. The minimum absolute atomic E-state index is 0.00917. The Bertz CT molecular complexity index is 1290. The van der Waals surface area contributed by atoms with Gasteiger partial charge in [0, 0.05) is 43.0 Å². The van der Waals surface area contributed by atoms with Crippen molar-refractivity contribution in [3.63, 3.8) is 0 Å². The van der Waals surface area contributed by atoms with Crippen LogP contribution in [0.25, 0.3) is 0 Å². The van der Waals surface area contributed by atoms with Crippen LogP contribution in [0.2, 0.25) is 0 Å². The summed E-state index contributed by atoms with van der Waals surface area (Å²) in [4.78, 5) is 19.8. The van der Waals surface area contributed by atoms with E-state index >= 15 is 0 Å². The molecule has 2 aromatic carbocycles. The molecule has 0 spiro atoms. The zero-order valence-electron chi connectivity index (χ0n) is 24.6. The Morgan fingerprint density at radius 2 is 1.79 bits per heavy atom. The summed E-state index contributed by atoms with van der Waals surface area (Å²) in [5.41, 5.74) is 8.21. The SMILES string of the molecule is C=CNC(=NC1CCCN(C(=O)/C=C/CNC2CCCCC2)C1)/C(C(=N)c1ccc(Oc2ccccc2)cc1)=C(\C)N. The fourth-order valence-corrected chi connectivity index (χ4v) is 5.48. The van der Waals surface area contributed by atoms with Crippen LogP contribution in [0.3, 0.4) is 0 Å². The van der Waals surface area contributed by atoms with Gasteiger partial charge in [0.25, 0.3) is 0 Å². The van der Waals surface area contributed by atoms with Gasteiger partial charge in [-0.1, -0.05) is 50.1 Å². The maximum Gasteiger partial charge on any atom is 0.246 e. The zero-order valence-corrected chi connectivity index (χ0v) is 24.6. The van der Waals surface area contributed by atoms with Gasteiger partial charge < -0.3 is 26.0 Å². The van der Waals surface area contributed by atoms with Crippen LogP contribution < -0.4 is 21.1 Å². The Hall–Kier alpha value is -4.17. The first-order valence-corrected chi connectivity index (χ1v) is 15.0. The number of hydrogen-bond donors (Lipinski definition) is 4. The number of aliphatic imine (C=N–C) groups is 1. The molecule has 1 atom stereocenters. The number of amidine groups is 1. The second kappa shape index (κ2) is 15.7. The average Bonchev–Trinajstić information content (AvgIpc) is 3.01. The van der Waals surface area contributed by atoms with Crippen LogP contribution in [0.1, 0.15) is 57.4 Å². The average molecular weight is 569 g/mol. The molecule has 1 saturated carbocycles. The van der Waals surface area contributed by atoms with E-state index in [0.717, 1.165) is 18.6 Å². The third-order valence-corrected chi connectivity index (χ3v) is 7.65. The molecule has 2 aromatic rings. The monoisotopic (exact) mass is 568 g/mol. The molecule has 5 N–H and O–H groups in total. The lowest BCUT2D eigenvalue weighted by Gasteiger charge is -2.31. The number of benzene rings is 2. The van der Waals surface area contributed by atoms with Crippen molar-refractivity contribution >= 4 is 17.5 Å². The Morgan fingerprint density at radius 1 is 1.07 bits per heavy atom. The molecule has 1 saturated heterocycles. The number of allylic oxidation sites excluding steroid dienone is 1. The van der Waals surface area contributed by atoms with E-state index in [1.165, 1.54) is 32.1 Å². The molecule has 4 rings (SSSR count). The summed E-state index contributed by atoms with van der Waals surface area (Å²) in [5.74, 6) is 1.91. The van der Waals surface area contributed by atoms with Crippen molar-refractivity contribution < 1.29 is 9.53 Å². The number of hydrogen-bond acceptors (Lipinski definition) is 6. The summed E-state index contributed by atoms with van der Waals surface area (Å²) in [6.45, 7) is 7.51. The summed E-state index contributed by atoms with van der Waals surface area (Å²) in [6.07, 6.45) is 13.2. The van der Waals surface area contributed by atoms with Crippen LogP contribution >= 0.6 is 0 Å². The third kappa shape index (κ3) is 8.91. The number of carbonyl (C=O) groups excluding carboxylic acids is 1. The molecule has 222 valence electrons. The van der Waals surface area contributed by atoms with Gasteiger partial charge >= 0.3 is 0 Å². The summed E-state index contributed by atoms with van der Waals surface area (Å²) in [5, 5.41) is 15.7. The highest BCUT2D eigenvalue weighted by molar-refractivity contribution is 6.29. The molecule has 2 fully saturated rings. The second-order valence-electron chi connectivity index (χ2n) is 10.9. The van der Waals surface area contributed by atoms with Gasteiger partial charge in [0.15, 0.2) is 0 Å². The van der Waals surface area contributed by atoms with Crippen LogP contribution in [-0.4, -0.2) is 54.1 Å². The summed E-state index contributed by atoms with van der Waals surface area (Å²) < 4.78 is 5.90. The van der Waals surface area contributed by atoms with Gasteiger partial charge in [-0.05, 0) is 75.2 Å². The lowest BCUT2D eigenvalue weighted by atomic mass is 9.95. The number of carbonyl (C=O) groups is 1. The highest BCUT2D eigenvalue weighted by Gasteiger charge is 2.24. The van der Waals surface area contributed by atoms with Crippen LogP contribution in [-0.2, 0) is 4.79 Å². The van der Waals surface area contributed by atoms with Crippen LogP contribution in [0, 0.1) is 5.41 Å². The summed E-state index contributed by atoms with van der Waals surface area (Å²) in [6, 6.07) is 17.4. The molecule has 0 aromatic heterocycles. The van der Waals surface area contributed by atoms with Gasteiger partial charge in [-0.3, -0.25) is 15.2 Å². The predicted molar refractivity (Wildman–Crippen MR) is 171 cm³/mol. The Balaban J connectivity index is 1.41. The molecule has 42 heavy (non-hydrogen) atoms. The number of nitrogens with two attached hydrogens (primary N) is 1. The maximum atomic E-state index is 12.9. The molecule has 1 heterocycles. The highest BCUT2D eigenvalue weighted by Crippen LogP contribution is 2.23. The van der Waals surface area contributed by atoms with Gasteiger partial charge in [-0.2, -0.15) is 0 Å². The fourth-order valence-electron chi connectivity index (χ4n) is 5.48. The van der Waals surface area contributed by atoms with E-state index < -0.39 is 0 Å². The van der Waals surface area contributed by atoms with Crippen LogP contribution in [0.15, 0.2) is 95.8 Å². The van der Waals surface area contributed by atoms with E-state index in [-0.39, 0.29) is 17.7 Å². The normalized spacial score (nSPS) is 18.8. The van der Waals surface area contributed by atoms with E-state index in [9.17, 15) is 4.79 Å². The Kier molecular flexibility index (Phi) is 11.5. The van der Waals surface area contributed by atoms with Crippen molar-refractivity contribution in [3.8, 4) is 11.5 Å². The number of ether oxygens (including phenoxy) is 1. The first-order chi connectivity index (χ1) is 20.4. The number of nitrogens with one attached hydrogen (secondary N) is 3.